The monoisotopic (exact) mass is 172 g/mol. The fraction of sp³-hybridized carbons (Fsp3) is 1.00. The van der Waals surface area contributed by atoms with Crippen molar-refractivity contribution in [3.63, 3.8) is 0 Å². The first-order valence-corrected chi connectivity index (χ1v) is 3.22. The summed E-state index contributed by atoms with van der Waals surface area (Å²) < 4.78 is 0. The SMILES string of the molecule is C1CCNCC1.O.O[B]O.[H-].[Na+]. The number of hydrogen-bond acceptors (Lipinski definition) is 3. The molecule has 1 fully saturated rings. The molecule has 5 N–H and O–H groups in total. The van der Waals surface area contributed by atoms with Gasteiger partial charge in [-0.2, -0.15) is 0 Å². The molecule has 1 radical (unpaired) electrons. The Morgan fingerprint density at radius 1 is 1.09 bits per heavy atom. The van der Waals surface area contributed by atoms with Crippen molar-refractivity contribution in [3.8, 4) is 0 Å². The molecule has 0 atom stereocenters. The van der Waals surface area contributed by atoms with Crippen LogP contribution in [0.1, 0.15) is 20.7 Å². The molecule has 0 saturated carbocycles. The van der Waals surface area contributed by atoms with Gasteiger partial charge in [0.15, 0.2) is 0 Å². The van der Waals surface area contributed by atoms with Gasteiger partial charge in [-0.1, -0.05) is 6.42 Å². The smallest absolute Gasteiger partial charge is 1.00 e. The molecule has 0 bridgehead atoms. The Morgan fingerprint density at radius 2 is 1.45 bits per heavy atom. The van der Waals surface area contributed by atoms with Crippen LogP contribution in [0.2, 0.25) is 0 Å². The summed E-state index contributed by atoms with van der Waals surface area (Å²) >= 11 is 0. The van der Waals surface area contributed by atoms with E-state index in [1.807, 2.05) is 0 Å². The predicted octanol–water partition coefficient (Wildman–Crippen LogP) is -4.44. The number of piperidine rings is 1. The molecule has 1 saturated heterocycles. The quantitative estimate of drug-likeness (QED) is 0.322. The largest absolute Gasteiger partial charge is 1.00 e. The van der Waals surface area contributed by atoms with Gasteiger partial charge in [-0.3, -0.25) is 0 Å². The average molecular weight is 172 g/mol. The molecule has 0 aromatic carbocycles. The van der Waals surface area contributed by atoms with E-state index in [0.29, 0.717) is 0 Å². The van der Waals surface area contributed by atoms with Crippen LogP contribution < -0.4 is 34.9 Å². The van der Waals surface area contributed by atoms with Crippen LogP contribution in [-0.2, 0) is 0 Å². The average Bonchev–Trinajstić information content (AvgIpc) is 1.93. The third-order valence-corrected chi connectivity index (χ3v) is 1.21. The van der Waals surface area contributed by atoms with Gasteiger partial charge in [0, 0.05) is 0 Å². The molecular weight excluding hydrogens is 156 g/mol. The van der Waals surface area contributed by atoms with E-state index in [-0.39, 0.29) is 44.1 Å². The topological polar surface area (TPSA) is 84.0 Å². The van der Waals surface area contributed by atoms with E-state index < -0.39 is 0 Å². The summed E-state index contributed by atoms with van der Waals surface area (Å²) in [4.78, 5) is 0. The van der Waals surface area contributed by atoms with Crippen LogP contribution in [0.25, 0.3) is 0 Å². The second kappa shape index (κ2) is 17.1. The van der Waals surface area contributed by atoms with Crippen LogP contribution in [0.15, 0.2) is 0 Å². The standard InChI is InChI=1S/C5H11N.BH2O2.Na.H2O.H/c1-2-4-6-5-3-1;2-1-3;;;/h6H,1-5H2;2-3H;;1H2;/q;;+1;;-1. The maximum Gasteiger partial charge on any atom is 1.00 e. The van der Waals surface area contributed by atoms with E-state index in [2.05, 4.69) is 5.32 Å². The maximum atomic E-state index is 7.00. The molecule has 0 amide bonds. The van der Waals surface area contributed by atoms with E-state index in [9.17, 15) is 0 Å². The van der Waals surface area contributed by atoms with Crippen molar-refractivity contribution in [2.45, 2.75) is 19.3 Å². The van der Waals surface area contributed by atoms with Gasteiger partial charge in [0.05, 0.1) is 0 Å². The van der Waals surface area contributed by atoms with Crippen LogP contribution >= 0.6 is 0 Å². The Labute approximate surface area is 91.8 Å². The van der Waals surface area contributed by atoms with Crippen LogP contribution in [0, 0.1) is 0 Å². The predicted molar refractivity (Wildman–Crippen MR) is 41.6 cm³/mol. The second-order valence-corrected chi connectivity index (χ2v) is 1.93. The summed E-state index contributed by atoms with van der Waals surface area (Å²) in [5, 5.41) is 17.3. The van der Waals surface area contributed by atoms with E-state index in [0.717, 1.165) is 0 Å². The van der Waals surface area contributed by atoms with E-state index in [4.69, 9.17) is 10.0 Å². The third-order valence-electron chi connectivity index (χ3n) is 1.21. The Kier molecular flexibility index (Phi) is 27.8. The minimum atomic E-state index is 0. The zero-order valence-corrected chi connectivity index (χ0v) is 9.01. The molecular formula is C5H16BNNaO3. The van der Waals surface area contributed by atoms with Gasteiger partial charge < -0.3 is 22.3 Å². The van der Waals surface area contributed by atoms with Crippen LogP contribution in [0.4, 0.5) is 0 Å². The summed E-state index contributed by atoms with van der Waals surface area (Å²) in [6, 6.07) is 0. The Balaban J connectivity index is -0.0000000489. The molecule has 11 heavy (non-hydrogen) atoms. The molecule has 1 aliphatic rings. The molecule has 4 nitrogen and oxygen atoms in total. The van der Waals surface area contributed by atoms with Gasteiger partial charge in [-0.25, -0.2) is 0 Å². The summed E-state index contributed by atoms with van der Waals surface area (Å²) in [5.74, 6) is 0. The fourth-order valence-electron chi connectivity index (χ4n) is 0.802. The molecule has 0 aromatic heterocycles. The molecule has 6 heteroatoms. The molecule has 0 spiro atoms. The maximum absolute atomic E-state index is 7.00. The molecule has 63 valence electrons. The van der Waals surface area contributed by atoms with Crippen molar-refractivity contribution < 1.29 is 46.5 Å². The van der Waals surface area contributed by atoms with Crippen molar-refractivity contribution in [2.75, 3.05) is 13.1 Å². The molecule has 1 rings (SSSR count). The van der Waals surface area contributed by atoms with E-state index >= 15 is 0 Å². The summed E-state index contributed by atoms with van der Waals surface area (Å²) in [5.41, 5.74) is 0. The summed E-state index contributed by atoms with van der Waals surface area (Å²) in [7, 11) is 0. The minimum absolute atomic E-state index is 0. The number of hydrogen-bond donors (Lipinski definition) is 3. The molecule has 0 unspecified atom stereocenters. The van der Waals surface area contributed by atoms with E-state index in [1.54, 1.807) is 0 Å². The normalized spacial score (nSPS) is 14.4. The van der Waals surface area contributed by atoms with Crippen LogP contribution in [0.5, 0.6) is 0 Å². The summed E-state index contributed by atoms with van der Waals surface area (Å²) in [6.45, 7) is 2.50. The third kappa shape index (κ3) is 18.1. The second-order valence-electron chi connectivity index (χ2n) is 1.93. The Hall–Kier alpha value is 0.905. The minimum Gasteiger partial charge on any atom is -1.00 e. The molecule has 0 aromatic rings. The first-order chi connectivity index (χ1) is 4.41. The van der Waals surface area contributed by atoms with Gasteiger partial charge in [0.1, 0.15) is 0 Å². The zero-order valence-electron chi connectivity index (χ0n) is 8.01. The first kappa shape index (κ1) is 17.9. The van der Waals surface area contributed by atoms with Crippen LogP contribution in [-0.4, -0.2) is 36.3 Å². The molecule has 1 aliphatic heterocycles. The van der Waals surface area contributed by atoms with Crippen molar-refractivity contribution >= 4 is 7.69 Å². The summed E-state index contributed by atoms with van der Waals surface area (Å²) in [6.07, 6.45) is 4.22. The molecule has 0 aliphatic carbocycles. The van der Waals surface area contributed by atoms with Gasteiger partial charge in [0.25, 0.3) is 0 Å². The van der Waals surface area contributed by atoms with Crippen molar-refractivity contribution in [3.05, 3.63) is 0 Å². The van der Waals surface area contributed by atoms with Gasteiger partial charge >= 0.3 is 37.2 Å². The Bertz CT molecular complexity index is 50.4. The van der Waals surface area contributed by atoms with Gasteiger partial charge in [-0.15, -0.1) is 0 Å². The van der Waals surface area contributed by atoms with Crippen molar-refractivity contribution in [1.29, 1.82) is 0 Å². The van der Waals surface area contributed by atoms with E-state index in [1.165, 1.54) is 32.4 Å². The zero-order chi connectivity index (χ0) is 6.95. The van der Waals surface area contributed by atoms with Gasteiger partial charge in [-0.05, 0) is 25.9 Å². The molecule has 1 heterocycles. The number of nitrogens with one attached hydrogen (secondary N) is 1. The van der Waals surface area contributed by atoms with Crippen molar-refractivity contribution in [1.82, 2.24) is 5.32 Å². The van der Waals surface area contributed by atoms with Crippen LogP contribution in [0.3, 0.4) is 0 Å². The first-order valence-electron chi connectivity index (χ1n) is 3.22. The van der Waals surface area contributed by atoms with Gasteiger partial charge in [0.2, 0.25) is 0 Å². The fourth-order valence-corrected chi connectivity index (χ4v) is 0.802. The Morgan fingerprint density at radius 3 is 1.55 bits per heavy atom. The number of rotatable bonds is 0. The van der Waals surface area contributed by atoms with Crippen molar-refractivity contribution in [2.24, 2.45) is 0 Å².